The molecule has 1 atom stereocenters. The van der Waals surface area contributed by atoms with Crippen LogP contribution in [0.3, 0.4) is 0 Å². The molecule has 5 rings (SSSR count). The molecular weight excluding hydrogens is 440 g/mol. The lowest BCUT2D eigenvalue weighted by molar-refractivity contribution is -0.118. The first-order chi connectivity index (χ1) is 16.3. The van der Waals surface area contributed by atoms with E-state index in [4.69, 9.17) is 0 Å². The summed E-state index contributed by atoms with van der Waals surface area (Å²) in [5, 5.41) is 7.17. The first-order valence-corrected chi connectivity index (χ1v) is 12.7. The maximum atomic E-state index is 13.4. The summed E-state index contributed by atoms with van der Waals surface area (Å²) in [5.74, 6) is 0.145. The van der Waals surface area contributed by atoms with Crippen LogP contribution in [0.15, 0.2) is 89.0 Å². The standard InChI is InChI=1S/C29H28N2O2S/c1-29(2)16-24-26(25(32)17-29)27(18-9-12-21(34-3)13-10-18)31-22-14-11-20(15-23(22)30-24)28(33)19-7-5-4-6-8-19/h4-15,27,30-31H,16-17H2,1-3H3. The van der Waals surface area contributed by atoms with E-state index < -0.39 is 0 Å². The summed E-state index contributed by atoms with van der Waals surface area (Å²) in [4.78, 5) is 27.7. The lowest BCUT2D eigenvalue weighted by Gasteiger charge is -2.34. The average Bonchev–Trinajstić information content (AvgIpc) is 2.99. The van der Waals surface area contributed by atoms with Crippen LogP contribution in [0.5, 0.6) is 0 Å². The second kappa shape index (κ2) is 8.80. The van der Waals surface area contributed by atoms with Crippen LogP contribution in [0.2, 0.25) is 0 Å². The Kier molecular flexibility index (Phi) is 5.82. The second-order valence-electron chi connectivity index (χ2n) is 9.76. The number of hydrogen-bond acceptors (Lipinski definition) is 5. The maximum absolute atomic E-state index is 13.4. The highest BCUT2D eigenvalue weighted by Crippen LogP contribution is 2.45. The van der Waals surface area contributed by atoms with Crippen molar-refractivity contribution >= 4 is 34.7 Å². The molecule has 0 spiro atoms. The fraction of sp³-hybridized carbons (Fsp3) is 0.241. The molecule has 3 aromatic carbocycles. The van der Waals surface area contributed by atoms with Gasteiger partial charge < -0.3 is 10.6 Å². The topological polar surface area (TPSA) is 58.2 Å². The lowest BCUT2D eigenvalue weighted by Crippen LogP contribution is -2.31. The smallest absolute Gasteiger partial charge is 0.193 e. The van der Waals surface area contributed by atoms with Gasteiger partial charge in [0.2, 0.25) is 0 Å². The molecule has 1 unspecified atom stereocenters. The minimum Gasteiger partial charge on any atom is -0.372 e. The molecule has 1 aliphatic carbocycles. The van der Waals surface area contributed by atoms with Gasteiger partial charge >= 0.3 is 0 Å². The predicted molar refractivity (Wildman–Crippen MR) is 140 cm³/mol. The number of Topliss-reactive ketones (excluding diaryl/α,β-unsaturated/α-hetero) is 1. The van der Waals surface area contributed by atoms with Gasteiger partial charge in [-0.25, -0.2) is 0 Å². The Morgan fingerprint density at radius 2 is 1.65 bits per heavy atom. The van der Waals surface area contributed by atoms with Crippen molar-refractivity contribution in [3.05, 3.63) is 101 Å². The molecule has 34 heavy (non-hydrogen) atoms. The van der Waals surface area contributed by atoms with Crippen LogP contribution in [-0.4, -0.2) is 17.8 Å². The molecule has 0 aromatic heterocycles. The summed E-state index contributed by atoms with van der Waals surface area (Å²) in [5.41, 5.74) is 5.64. The fourth-order valence-electron chi connectivity index (χ4n) is 4.89. The first-order valence-electron chi connectivity index (χ1n) is 11.5. The molecule has 0 saturated heterocycles. The van der Waals surface area contributed by atoms with Gasteiger partial charge in [-0.2, -0.15) is 0 Å². The summed E-state index contributed by atoms with van der Waals surface area (Å²) in [6, 6.07) is 23.1. The summed E-state index contributed by atoms with van der Waals surface area (Å²) in [6.45, 7) is 4.26. The Morgan fingerprint density at radius 1 is 0.912 bits per heavy atom. The zero-order valence-electron chi connectivity index (χ0n) is 19.6. The van der Waals surface area contributed by atoms with E-state index in [1.165, 1.54) is 4.90 Å². The highest BCUT2D eigenvalue weighted by molar-refractivity contribution is 7.98. The fourth-order valence-corrected chi connectivity index (χ4v) is 5.30. The molecular formula is C29H28N2O2S. The Bertz CT molecular complexity index is 1290. The Morgan fingerprint density at radius 3 is 2.35 bits per heavy atom. The Labute approximate surface area is 204 Å². The number of ketones is 2. The summed E-state index contributed by atoms with van der Waals surface area (Å²) >= 11 is 1.70. The van der Waals surface area contributed by atoms with Crippen LogP contribution in [-0.2, 0) is 4.79 Å². The number of nitrogens with one attached hydrogen (secondary N) is 2. The summed E-state index contributed by atoms with van der Waals surface area (Å²) < 4.78 is 0. The van der Waals surface area contributed by atoms with Gasteiger partial charge in [0.25, 0.3) is 0 Å². The van der Waals surface area contributed by atoms with E-state index in [2.05, 4.69) is 55.0 Å². The third kappa shape index (κ3) is 4.28. The monoisotopic (exact) mass is 468 g/mol. The van der Waals surface area contributed by atoms with Crippen molar-refractivity contribution in [1.29, 1.82) is 0 Å². The molecule has 4 nitrogen and oxygen atoms in total. The SMILES string of the molecule is CSc1ccc(C2Nc3ccc(C(=O)c4ccccc4)cc3NC3=C2C(=O)CC(C)(C)C3)cc1. The van der Waals surface area contributed by atoms with E-state index in [1.807, 2.05) is 48.5 Å². The molecule has 1 heterocycles. The van der Waals surface area contributed by atoms with Crippen molar-refractivity contribution in [3.63, 3.8) is 0 Å². The molecule has 0 bridgehead atoms. The molecule has 1 aliphatic heterocycles. The van der Waals surface area contributed by atoms with E-state index in [0.29, 0.717) is 17.5 Å². The van der Waals surface area contributed by atoms with Crippen LogP contribution in [0.4, 0.5) is 11.4 Å². The highest BCUT2D eigenvalue weighted by Gasteiger charge is 2.38. The van der Waals surface area contributed by atoms with Crippen molar-refractivity contribution < 1.29 is 9.59 Å². The molecule has 0 radical (unpaired) electrons. The van der Waals surface area contributed by atoms with Crippen LogP contribution >= 0.6 is 11.8 Å². The van der Waals surface area contributed by atoms with E-state index in [9.17, 15) is 9.59 Å². The van der Waals surface area contributed by atoms with Crippen molar-refractivity contribution in [2.75, 3.05) is 16.9 Å². The molecule has 172 valence electrons. The van der Waals surface area contributed by atoms with Gasteiger partial charge in [0, 0.05) is 33.7 Å². The first kappa shape index (κ1) is 22.5. The number of carbonyl (C=O) groups is 2. The Hall–Kier alpha value is -3.31. The van der Waals surface area contributed by atoms with Gasteiger partial charge in [-0.1, -0.05) is 56.3 Å². The van der Waals surface area contributed by atoms with Crippen LogP contribution < -0.4 is 10.6 Å². The van der Waals surface area contributed by atoms with E-state index in [0.717, 1.165) is 34.6 Å². The number of anilines is 2. The molecule has 0 amide bonds. The quantitative estimate of drug-likeness (QED) is 0.323. The van der Waals surface area contributed by atoms with Gasteiger partial charge in [0.15, 0.2) is 11.6 Å². The third-order valence-electron chi connectivity index (χ3n) is 6.56. The molecule has 3 aromatic rings. The van der Waals surface area contributed by atoms with Crippen LogP contribution in [0.25, 0.3) is 0 Å². The van der Waals surface area contributed by atoms with Crippen molar-refractivity contribution in [3.8, 4) is 0 Å². The third-order valence-corrected chi connectivity index (χ3v) is 7.30. The van der Waals surface area contributed by atoms with E-state index >= 15 is 0 Å². The number of thioether (sulfide) groups is 1. The number of hydrogen-bond donors (Lipinski definition) is 2. The van der Waals surface area contributed by atoms with Crippen molar-refractivity contribution in [2.45, 2.75) is 37.6 Å². The van der Waals surface area contributed by atoms with E-state index in [1.54, 1.807) is 11.8 Å². The molecule has 5 heteroatoms. The molecule has 0 saturated carbocycles. The average molecular weight is 469 g/mol. The highest BCUT2D eigenvalue weighted by atomic mass is 32.2. The van der Waals surface area contributed by atoms with Gasteiger partial charge in [0.1, 0.15) is 0 Å². The normalized spacial score (nSPS) is 18.8. The van der Waals surface area contributed by atoms with Gasteiger partial charge in [-0.15, -0.1) is 11.8 Å². The van der Waals surface area contributed by atoms with Gasteiger partial charge in [-0.05, 0) is 54.0 Å². The molecule has 2 N–H and O–H groups in total. The van der Waals surface area contributed by atoms with Gasteiger partial charge in [-0.3, -0.25) is 9.59 Å². The number of carbonyl (C=O) groups excluding carboxylic acids is 2. The minimum atomic E-state index is -0.251. The Balaban J connectivity index is 1.59. The summed E-state index contributed by atoms with van der Waals surface area (Å²) in [7, 11) is 0. The zero-order valence-corrected chi connectivity index (χ0v) is 20.5. The van der Waals surface area contributed by atoms with E-state index in [-0.39, 0.29) is 23.0 Å². The molecule has 0 fully saturated rings. The number of benzene rings is 3. The largest absolute Gasteiger partial charge is 0.372 e. The second-order valence-corrected chi connectivity index (χ2v) is 10.6. The maximum Gasteiger partial charge on any atom is 0.193 e. The lowest BCUT2D eigenvalue weighted by atomic mass is 9.73. The zero-order chi connectivity index (χ0) is 23.9. The van der Waals surface area contributed by atoms with Crippen LogP contribution in [0, 0.1) is 5.41 Å². The minimum absolute atomic E-state index is 0.0205. The van der Waals surface area contributed by atoms with Crippen molar-refractivity contribution in [1.82, 2.24) is 0 Å². The van der Waals surface area contributed by atoms with Crippen LogP contribution in [0.1, 0.15) is 54.2 Å². The molecule has 2 aliphatic rings. The number of fused-ring (bicyclic) bond motifs is 1. The number of allylic oxidation sites excluding steroid dienone is 1. The predicted octanol–water partition coefficient (Wildman–Crippen LogP) is 6.86. The van der Waals surface area contributed by atoms with Gasteiger partial charge in [0.05, 0.1) is 17.4 Å². The summed E-state index contributed by atoms with van der Waals surface area (Å²) in [6.07, 6.45) is 3.34. The van der Waals surface area contributed by atoms with Crippen molar-refractivity contribution in [2.24, 2.45) is 5.41 Å². The number of rotatable bonds is 4.